The number of aromatic nitrogens is 2. The monoisotopic (exact) mass is 531 g/mol. The Morgan fingerprint density at radius 3 is 2.36 bits per heavy atom. The summed E-state index contributed by atoms with van der Waals surface area (Å²) in [6.07, 6.45) is -0.754. The van der Waals surface area contributed by atoms with Crippen molar-refractivity contribution in [2.75, 3.05) is 19.6 Å². The second-order valence-corrected chi connectivity index (χ2v) is 9.35. The maximum absolute atomic E-state index is 12.6. The third-order valence-corrected chi connectivity index (χ3v) is 6.49. The average molecular weight is 532 g/mol. The molecule has 1 saturated heterocycles. The van der Waals surface area contributed by atoms with Crippen LogP contribution in [-0.4, -0.2) is 51.9 Å². The molecule has 3 aromatic rings. The Morgan fingerprint density at radius 2 is 1.77 bits per heavy atom. The fraction of sp³-hybridized carbons (Fsp3) is 0.310. The number of rotatable bonds is 8. The lowest BCUT2D eigenvalue weighted by molar-refractivity contribution is -0.123. The van der Waals surface area contributed by atoms with Crippen molar-refractivity contribution in [2.45, 2.75) is 31.7 Å². The third-order valence-electron chi connectivity index (χ3n) is 6.49. The van der Waals surface area contributed by atoms with Crippen LogP contribution >= 0.6 is 0 Å². The maximum Gasteiger partial charge on any atom is 0.293 e. The van der Waals surface area contributed by atoms with Gasteiger partial charge in [0.15, 0.2) is 0 Å². The second kappa shape index (κ2) is 12.8. The van der Waals surface area contributed by atoms with E-state index in [-0.39, 0.29) is 18.0 Å². The number of halogens is 2. The summed E-state index contributed by atoms with van der Waals surface area (Å²) in [4.78, 5) is 32.9. The summed E-state index contributed by atoms with van der Waals surface area (Å²) in [6, 6.07) is 17.3. The quantitative estimate of drug-likeness (QED) is 0.384. The first-order valence-corrected chi connectivity index (χ1v) is 12.5. The first-order chi connectivity index (χ1) is 18.8. The highest BCUT2D eigenvalue weighted by atomic mass is 19.3. The second-order valence-electron chi connectivity index (χ2n) is 9.35. The number of benzene rings is 2. The molecular formula is C29H27F2N5O3. The summed E-state index contributed by atoms with van der Waals surface area (Å²) in [6.45, 7) is 1.68. The van der Waals surface area contributed by atoms with Crippen LogP contribution in [0.3, 0.4) is 0 Å². The fourth-order valence-corrected chi connectivity index (χ4v) is 4.41. The SMILES string of the molecule is N#CC1CCN(Cc2ccc(C#Cc3ccc(CC(C(=O)NCC(F)F)c4nc[nH]c(=O)c4O)cc3)cc2)C1. The molecule has 0 bridgehead atoms. The number of nitriles is 1. The normalized spacial score (nSPS) is 15.8. The summed E-state index contributed by atoms with van der Waals surface area (Å²) >= 11 is 0. The molecule has 1 aliphatic heterocycles. The molecule has 10 heteroatoms. The number of carbonyl (C=O) groups excluding carboxylic acids is 1. The lowest BCUT2D eigenvalue weighted by Crippen LogP contribution is -2.34. The lowest BCUT2D eigenvalue weighted by atomic mass is 9.94. The van der Waals surface area contributed by atoms with Crippen molar-refractivity contribution in [3.63, 3.8) is 0 Å². The van der Waals surface area contributed by atoms with E-state index in [1.165, 1.54) is 0 Å². The van der Waals surface area contributed by atoms with Crippen LogP contribution in [0.5, 0.6) is 5.75 Å². The molecule has 1 aliphatic rings. The number of carbonyl (C=O) groups is 1. The van der Waals surface area contributed by atoms with Crippen molar-refractivity contribution in [1.82, 2.24) is 20.2 Å². The van der Waals surface area contributed by atoms with E-state index < -0.39 is 36.1 Å². The molecule has 3 N–H and O–H groups in total. The number of likely N-dealkylation sites (tertiary alicyclic amines) is 1. The van der Waals surface area contributed by atoms with Crippen molar-refractivity contribution in [1.29, 1.82) is 5.26 Å². The van der Waals surface area contributed by atoms with E-state index >= 15 is 0 Å². The number of aromatic amines is 1. The first kappa shape index (κ1) is 27.5. The van der Waals surface area contributed by atoms with Crippen LogP contribution < -0.4 is 10.9 Å². The lowest BCUT2D eigenvalue weighted by Gasteiger charge is -2.17. The van der Waals surface area contributed by atoms with E-state index in [0.29, 0.717) is 5.56 Å². The molecule has 0 spiro atoms. The number of aromatic hydroxyl groups is 1. The summed E-state index contributed by atoms with van der Waals surface area (Å²) in [5.74, 6) is 3.68. The zero-order chi connectivity index (χ0) is 27.8. The molecular weight excluding hydrogens is 504 g/mol. The molecule has 2 aromatic carbocycles. The van der Waals surface area contributed by atoms with Crippen LogP contribution in [0.2, 0.25) is 0 Å². The van der Waals surface area contributed by atoms with Gasteiger partial charge in [0.1, 0.15) is 5.69 Å². The Labute approximate surface area is 224 Å². The summed E-state index contributed by atoms with van der Waals surface area (Å²) in [5, 5.41) is 21.3. The van der Waals surface area contributed by atoms with Gasteiger partial charge in [-0.2, -0.15) is 5.26 Å². The van der Waals surface area contributed by atoms with E-state index in [0.717, 1.165) is 49.1 Å². The summed E-state index contributed by atoms with van der Waals surface area (Å²) < 4.78 is 25.3. The van der Waals surface area contributed by atoms with E-state index in [2.05, 4.69) is 38.1 Å². The zero-order valence-electron chi connectivity index (χ0n) is 21.0. The van der Waals surface area contributed by atoms with Gasteiger partial charge >= 0.3 is 0 Å². The zero-order valence-corrected chi connectivity index (χ0v) is 21.0. The number of nitrogens with zero attached hydrogens (tertiary/aromatic N) is 3. The summed E-state index contributed by atoms with van der Waals surface area (Å²) in [5.41, 5.74) is 2.41. The number of H-pyrrole nitrogens is 1. The number of nitrogens with one attached hydrogen (secondary N) is 2. The van der Waals surface area contributed by atoms with E-state index in [9.17, 15) is 23.5 Å². The highest BCUT2D eigenvalue weighted by Gasteiger charge is 2.27. The van der Waals surface area contributed by atoms with Gasteiger partial charge in [0.2, 0.25) is 11.7 Å². The van der Waals surface area contributed by atoms with Crippen LogP contribution in [0.15, 0.2) is 59.7 Å². The Balaban J connectivity index is 1.42. The van der Waals surface area contributed by atoms with E-state index in [1.807, 2.05) is 24.3 Å². The highest BCUT2D eigenvalue weighted by Crippen LogP contribution is 2.25. The largest absolute Gasteiger partial charge is 0.502 e. The van der Waals surface area contributed by atoms with Crippen LogP contribution in [0.4, 0.5) is 8.78 Å². The predicted molar refractivity (Wildman–Crippen MR) is 140 cm³/mol. The number of amides is 1. The third kappa shape index (κ3) is 7.50. The molecule has 8 nitrogen and oxygen atoms in total. The predicted octanol–water partition coefficient (Wildman–Crippen LogP) is 2.93. The smallest absolute Gasteiger partial charge is 0.293 e. The maximum atomic E-state index is 12.6. The molecule has 0 aliphatic carbocycles. The molecule has 1 aromatic heterocycles. The van der Waals surface area contributed by atoms with Crippen molar-refractivity contribution in [3.05, 3.63) is 93.2 Å². The molecule has 0 saturated carbocycles. The van der Waals surface area contributed by atoms with Gasteiger partial charge in [-0.05, 0) is 54.8 Å². The Kier molecular flexibility index (Phi) is 9.03. The summed E-state index contributed by atoms with van der Waals surface area (Å²) in [7, 11) is 0. The van der Waals surface area contributed by atoms with Gasteiger partial charge in [-0.3, -0.25) is 14.5 Å². The molecule has 200 valence electrons. The van der Waals surface area contributed by atoms with Gasteiger partial charge in [-0.15, -0.1) is 0 Å². The topological polar surface area (TPSA) is 122 Å². The van der Waals surface area contributed by atoms with Gasteiger partial charge in [0.25, 0.3) is 12.0 Å². The minimum Gasteiger partial charge on any atom is -0.502 e. The van der Waals surface area contributed by atoms with Crippen LogP contribution in [0.25, 0.3) is 0 Å². The van der Waals surface area contributed by atoms with Gasteiger partial charge < -0.3 is 15.4 Å². The van der Waals surface area contributed by atoms with Crippen LogP contribution in [0, 0.1) is 29.1 Å². The molecule has 2 atom stereocenters. The Bertz CT molecular complexity index is 1450. The standard InChI is InChI=1S/C29H27F2N5O3/c30-25(31)15-33-28(38)24(26-27(37)29(39)35-18-34-26)13-21-7-3-19(4-8-21)1-2-20-5-9-22(10-6-20)16-36-12-11-23(14-32)17-36/h3-10,18,23-25,37H,11-13,15-17H2,(H,33,38)(H,34,35,39). The molecule has 39 heavy (non-hydrogen) atoms. The number of hydrogen-bond acceptors (Lipinski definition) is 6. The van der Waals surface area contributed by atoms with Gasteiger partial charge in [0, 0.05) is 24.2 Å². The van der Waals surface area contributed by atoms with E-state index in [4.69, 9.17) is 5.26 Å². The Morgan fingerprint density at radius 1 is 1.13 bits per heavy atom. The van der Waals surface area contributed by atoms with Crippen molar-refractivity contribution < 1.29 is 18.7 Å². The van der Waals surface area contributed by atoms with Gasteiger partial charge in [0.05, 0.1) is 30.8 Å². The Hall–Kier alpha value is -4.54. The molecule has 2 heterocycles. The van der Waals surface area contributed by atoms with E-state index in [1.54, 1.807) is 24.3 Å². The van der Waals surface area contributed by atoms with Crippen molar-refractivity contribution in [2.24, 2.45) is 5.92 Å². The number of hydrogen-bond donors (Lipinski definition) is 3. The minimum atomic E-state index is -2.74. The molecule has 1 fully saturated rings. The molecule has 4 rings (SSSR count). The van der Waals surface area contributed by atoms with Gasteiger partial charge in [-0.25, -0.2) is 13.8 Å². The number of alkyl halides is 2. The van der Waals surface area contributed by atoms with Crippen LogP contribution in [0.1, 0.15) is 40.3 Å². The van der Waals surface area contributed by atoms with Crippen LogP contribution in [-0.2, 0) is 17.8 Å². The first-order valence-electron chi connectivity index (χ1n) is 12.5. The highest BCUT2D eigenvalue weighted by molar-refractivity contribution is 5.84. The van der Waals surface area contributed by atoms with Crippen molar-refractivity contribution >= 4 is 5.91 Å². The van der Waals surface area contributed by atoms with Crippen molar-refractivity contribution in [3.8, 4) is 23.7 Å². The molecule has 1 amide bonds. The molecule has 0 radical (unpaired) electrons. The van der Waals surface area contributed by atoms with Gasteiger partial charge in [-0.1, -0.05) is 36.1 Å². The molecule has 2 unspecified atom stereocenters. The fourth-order valence-electron chi connectivity index (χ4n) is 4.41. The minimum absolute atomic E-state index is 0.0282. The average Bonchev–Trinajstić information content (AvgIpc) is 3.40.